The van der Waals surface area contributed by atoms with Crippen molar-refractivity contribution in [3.63, 3.8) is 0 Å². The zero-order valence-electron chi connectivity index (χ0n) is 11.5. The second-order valence-electron chi connectivity index (χ2n) is 5.21. The van der Waals surface area contributed by atoms with E-state index in [1.807, 2.05) is 0 Å². The molecule has 20 heavy (non-hydrogen) atoms. The molecule has 4 nitrogen and oxygen atoms in total. The minimum absolute atomic E-state index is 0.0613. The maximum Gasteiger partial charge on any atom is 0.573 e. The van der Waals surface area contributed by atoms with Gasteiger partial charge >= 0.3 is 12.4 Å². The maximum atomic E-state index is 12.2. The SMILES string of the molecule is CC(C)(C)NC(=O)NCc1ccccc1OC(F)(F)F. The molecule has 1 aromatic carbocycles. The lowest BCUT2D eigenvalue weighted by Gasteiger charge is -2.21. The molecule has 1 aromatic rings. The van der Waals surface area contributed by atoms with Crippen molar-refractivity contribution in [2.45, 2.75) is 39.2 Å². The zero-order chi connectivity index (χ0) is 15.4. The Kier molecular flexibility index (Phi) is 4.86. The number of hydrogen-bond acceptors (Lipinski definition) is 2. The van der Waals surface area contributed by atoms with Gasteiger partial charge in [-0.2, -0.15) is 0 Å². The monoisotopic (exact) mass is 290 g/mol. The summed E-state index contributed by atoms with van der Waals surface area (Å²) in [5.41, 5.74) is -0.180. The van der Waals surface area contributed by atoms with E-state index >= 15 is 0 Å². The van der Waals surface area contributed by atoms with Gasteiger partial charge in [-0.1, -0.05) is 18.2 Å². The van der Waals surface area contributed by atoms with Gasteiger partial charge in [-0.3, -0.25) is 0 Å². The van der Waals surface area contributed by atoms with Gasteiger partial charge in [0.25, 0.3) is 0 Å². The summed E-state index contributed by atoms with van der Waals surface area (Å²) in [4.78, 5) is 11.5. The highest BCUT2D eigenvalue weighted by Gasteiger charge is 2.32. The highest BCUT2D eigenvalue weighted by molar-refractivity contribution is 5.74. The van der Waals surface area contributed by atoms with Gasteiger partial charge in [0.2, 0.25) is 0 Å². The molecule has 0 aliphatic carbocycles. The van der Waals surface area contributed by atoms with Crippen molar-refractivity contribution in [1.82, 2.24) is 10.6 Å². The first-order chi connectivity index (χ1) is 9.07. The highest BCUT2D eigenvalue weighted by Crippen LogP contribution is 2.25. The number of nitrogens with one attached hydrogen (secondary N) is 2. The van der Waals surface area contributed by atoms with Crippen molar-refractivity contribution in [1.29, 1.82) is 0 Å². The van der Waals surface area contributed by atoms with Crippen LogP contribution < -0.4 is 15.4 Å². The number of carbonyl (C=O) groups excluding carboxylic acids is 1. The van der Waals surface area contributed by atoms with Crippen molar-refractivity contribution in [3.8, 4) is 5.75 Å². The van der Waals surface area contributed by atoms with E-state index in [2.05, 4.69) is 15.4 Å². The van der Waals surface area contributed by atoms with Gasteiger partial charge in [0.1, 0.15) is 5.75 Å². The summed E-state index contributed by atoms with van der Waals surface area (Å²) >= 11 is 0. The van der Waals surface area contributed by atoms with Crippen LogP contribution >= 0.6 is 0 Å². The van der Waals surface area contributed by atoms with Crippen molar-refractivity contribution in [2.24, 2.45) is 0 Å². The van der Waals surface area contributed by atoms with Crippen LogP contribution in [0.5, 0.6) is 5.75 Å². The molecular formula is C13H17F3N2O2. The van der Waals surface area contributed by atoms with Crippen LogP contribution in [0.15, 0.2) is 24.3 Å². The van der Waals surface area contributed by atoms with E-state index in [1.54, 1.807) is 26.8 Å². The molecule has 0 unspecified atom stereocenters. The molecule has 0 aliphatic heterocycles. The lowest BCUT2D eigenvalue weighted by molar-refractivity contribution is -0.274. The lowest BCUT2D eigenvalue weighted by atomic mass is 10.1. The average molecular weight is 290 g/mol. The Bertz CT molecular complexity index is 467. The van der Waals surface area contributed by atoms with Crippen LogP contribution in [0.3, 0.4) is 0 Å². The number of halogens is 3. The van der Waals surface area contributed by atoms with Crippen LogP contribution in [0.2, 0.25) is 0 Å². The second kappa shape index (κ2) is 6.02. The fraction of sp³-hybridized carbons (Fsp3) is 0.462. The lowest BCUT2D eigenvalue weighted by Crippen LogP contribution is -2.46. The predicted molar refractivity (Wildman–Crippen MR) is 68.2 cm³/mol. The molecule has 1 rings (SSSR count). The molecule has 0 saturated heterocycles. The standard InChI is InChI=1S/C13H17F3N2O2/c1-12(2,3)18-11(19)17-8-9-6-4-5-7-10(9)20-13(14,15)16/h4-7H,8H2,1-3H3,(H2,17,18,19). The number of ether oxygens (including phenoxy) is 1. The van der Waals surface area contributed by atoms with E-state index in [9.17, 15) is 18.0 Å². The molecule has 0 radical (unpaired) electrons. The van der Waals surface area contributed by atoms with E-state index < -0.39 is 17.9 Å². The van der Waals surface area contributed by atoms with Gasteiger partial charge in [0.05, 0.1) is 0 Å². The maximum absolute atomic E-state index is 12.2. The Balaban J connectivity index is 2.67. The molecule has 0 heterocycles. The third-order valence-electron chi connectivity index (χ3n) is 2.13. The van der Waals surface area contributed by atoms with Crippen LogP contribution in [0.25, 0.3) is 0 Å². The van der Waals surface area contributed by atoms with Crippen LogP contribution in [0.1, 0.15) is 26.3 Å². The highest BCUT2D eigenvalue weighted by atomic mass is 19.4. The number of amides is 2. The summed E-state index contributed by atoms with van der Waals surface area (Å²) < 4.78 is 40.6. The van der Waals surface area contributed by atoms with Crippen molar-refractivity contribution >= 4 is 6.03 Å². The molecule has 0 fully saturated rings. The molecule has 0 saturated carbocycles. The normalized spacial score (nSPS) is 11.9. The third-order valence-corrected chi connectivity index (χ3v) is 2.13. The number of alkyl halides is 3. The van der Waals surface area contributed by atoms with Crippen molar-refractivity contribution in [2.75, 3.05) is 0 Å². The van der Waals surface area contributed by atoms with E-state index in [-0.39, 0.29) is 17.9 Å². The van der Waals surface area contributed by atoms with Crippen LogP contribution in [-0.4, -0.2) is 17.9 Å². The Morgan fingerprint density at radius 2 is 1.80 bits per heavy atom. The Labute approximate surface area is 115 Å². The van der Waals surface area contributed by atoms with Crippen LogP contribution in [0.4, 0.5) is 18.0 Å². The average Bonchev–Trinajstić information content (AvgIpc) is 2.23. The van der Waals surface area contributed by atoms with Crippen molar-refractivity contribution in [3.05, 3.63) is 29.8 Å². The van der Waals surface area contributed by atoms with E-state index in [0.29, 0.717) is 0 Å². The van der Waals surface area contributed by atoms with Gasteiger partial charge in [0.15, 0.2) is 0 Å². The topological polar surface area (TPSA) is 50.4 Å². The quantitative estimate of drug-likeness (QED) is 0.898. The summed E-state index contributed by atoms with van der Waals surface area (Å²) in [5.74, 6) is -0.323. The number of carbonyl (C=O) groups is 1. The molecular weight excluding hydrogens is 273 g/mol. The molecule has 0 atom stereocenters. The van der Waals surface area contributed by atoms with E-state index in [1.165, 1.54) is 18.2 Å². The minimum atomic E-state index is -4.76. The van der Waals surface area contributed by atoms with Crippen LogP contribution in [-0.2, 0) is 6.54 Å². The number of para-hydroxylation sites is 1. The van der Waals surface area contributed by atoms with Gasteiger partial charge in [-0.15, -0.1) is 13.2 Å². The van der Waals surface area contributed by atoms with Crippen LogP contribution in [0, 0.1) is 0 Å². The van der Waals surface area contributed by atoms with Gasteiger partial charge < -0.3 is 15.4 Å². The molecule has 0 aliphatic rings. The fourth-order valence-electron chi connectivity index (χ4n) is 1.43. The molecule has 2 amide bonds. The first kappa shape index (κ1) is 16.1. The smallest absolute Gasteiger partial charge is 0.405 e. The fourth-order valence-corrected chi connectivity index (χ4v) is 1.43. The summed E-state index contributed by atoms with van der Waals surface area (Å²) in [6.45, 7) is 5.34. The van der Waals surface area contributed by atoms with Crippen molar-refractivity contribution < 1.29 is 22.7 Å². The first-order valence-corrected chi connectivity index (χ1v) is 5.96. The molecule has 0 aromatic heterocycles. The van der Waals surface area contributed by atoms with Gasteiger partial charge in [0, 0.05) is 17.6 Å². The minimum Gasteiger partial charge on any atom is -0.405 e. The number of urea groups is 1. The summed E-state index contributed by atoms with van der Waals surface area (Å²) in [6.07, 6.45) is -4.76. The molecule has 2 N–H and O–H groups in total. The third kappa shape index (κ3) is 6.31. The molecule has 7 heteroatoms. The number of hydrogen-bond donors (Lipinski definition) is 2. The summed E-state index contributed by atoms with van der Waals surface area (Å²) in [5, 5.41) is 5.13. The zero-order valence-corrected chi connectivity index (χ0v) is 11.5. The number of benzene rings is 1. The first-order valence-electron chi connectivity index (χ1n) is 5.96. The predicted octanol–water partition coefficient (Wildman–Crippen LogP) is 3.18. The Hall–Kier alpha value is -1.92. The number of rotatable bonds is 3. The van der Waals surface area contributed by atoms with Gasteiger partial charge in [-0.25, -0.2) is 4.79 Å². The largest absolute Gasteiger partial charge is 0.573 e. The van der Waals surface area contributed by atoms with Gasteiger partial charge in [-0.05, 0) is 26.8 Å². The summed E-state index contributed by atoms with van der Waals surface area (Å²) in [6, 6.07) is 5.20. The molecule has 0 spiro atoms. The Morgan fingerprint density at radius 1 is 1.20 bits per heavy atom. The molecule has 0 bridgehead atoms. The Morgan fingerprint density at radius 3 is 2.35 bits per heavy atom. The summed E-state index contributed by atoms with van der Waals surface area (Å²) in [7, 11) is 0. The van der Waals surface area contributed by atoms with E-state index in [4.69, 9.17) is 0 Å². The van der Waals surface area contributed by atoms with E-state index in [0.717, 1.165) is 0 Å². The second-order valence-corrected chi connectivity index (χ2v) is 5.21. The molecule has 112 valence electrons.